The maximum Gasteiger partial charge on any atom is 0.337 e. The molecule has 0 bridgehead atoms. The number of para-hydroxylation sites is 1. The highest BCUT2D eigenvalue weighted by molar-refractivity contribution is 6.18. The van der Waals surface area contributed by atoms with E-state index in [4.69, 9.17) is 11.6 Å². The average Bonchev–Trinajstić information content (AvgIpc) is 2.55. The standard InChI is InChI=1S/C17H19ClN2O3/c1-11-5-7-12(8-6-11)20-16-14(17(22)23)3-2-4-15(16)19-10-13(21)9-18/h2-8,13,19-21H,9-10H2,1H3,(H,22,23). The van der Waals surface area contributed by atoms with Crippen molar-refractivity contribution in [3.63, 3.8) is 0 Å². The topological polar surface area (TPSA) is 81.6 Å². The molecule has 1 unspecified atom stereocenters. The van der Waals surface area contributed by atoms with Crippen LogP contribution in [0.2, 0.25) is 0 Å². The Hall–Kier alpha value is -2.24. The second-order valence-corrected chi connectivity index (χ2v) is 5.52. The molecule has 0 aliphatic rings. The van der Waals surface area contributed by atoms with Gasteiger partial charge in [0, 0.05) is 12.2 Å². The van der Waals surface area contributed by atoms with Gasteiger partial charge in [-0.05, 0) is 31.2 Å². The number of rotatable bonds is 7. The molecule has 122 valence electrons. The predicted octanol–water partition coefficient (Wildman–Crippen LogP) is 3.45. The maximum atomic E-state index is 11.5. The van der Waals surface area contributed by atoms with Gasteiger partial charge in [-0.25, -0.2) is 4.79 Å². The van der Waals surface area contributed by atoms with Gasteiger partial charge in [0.1, 0.15) is 0 Å². The highest BCUT2D eigenvalue weighted by Crippen LogP contribution is 2.30. The monoisotopic (exact) mass is 334 g/mol. The van der Waals surface area contributed by atoms with Gasteiger partial charge in [0.2, 0.25) is 0 Å². The number of halogens is 1. The molecule has 2 aromatic rings. The average molecular weight is 335 g/mol. The van der Waals surface area contributed by atoms with Gasteiger partial charge in [0.15, 0.2) is 0 Å². The minimum atomic E-state index is -1.03. The van der Waals surface area contributed by atoms with E-state index in [2.05, 4.69) is 10.6 Å². The second-order valence-electron chi connectivity index (χ2n) is 5.21. The van der Waals surface area contributed by atoms with Gasteiger partial charge in [0.05, 0.1) is 28.9 Å². The Morgan fingerprint density at radius 3 is 2.52 bits per heavy atom. The molecule has 1 atom stereocenters. The quantitative estimate of drug-likeness (QED) is 0.583. The van der Waals surface area contributed by atoms with E-state index in [-0.39, 0.29) is 18.0 Å². The first-order valence-electron chi connectivity index (χ1n) is 7.19. The normalized spacial score (nSPS) is 11.8. The molecule has 0 aliphatic heterocycles. The van der Waals surface area contributed by atoms with Crippen LogP contribution in [0.3, 0.4) is 0 Å². The van der Waals surface area contributed by atoms with Gasteiger partial charge in [-0.15, -0.1) is 11.6 Å². The summed E-state index contributed by atoms with van der Waals surface area (Å²) < 4.78 is 0. The number of carbonyl (C=O) groups is 1. The molecule has 0 aliphatic carbocycles. The lowest BCUT2D eigenvalue weighted by atomic mass is 10.1. The van der Waals surface area contributed by atoms with Gasteiger partial charge in [0.25, 0.3) is 0 Å². The number of aliphatic hydroxyl groups excluding tert-OH is 1. The number of nitrogens with one attached hydrogen (secondary N) is 2. The van der Waals surface area contributed by atoms with E-state index in [0.29, 0.717) is 11.4 Å². The van der Waals surface area contributed by atoms with Gasteiger partial charge >= 0.3 is 5.97 Å². The van der Waals surface area contributed by atoms with Crippen LogP contribution in [0, 0.1) is 6.92 Å². The third-order valence-corrected chi connectivity index (χ3v) is 3.68. The fourth-order valence-electron chi connectivity index (χ4n) is 2.08. The SMILES string of the molecule is Cc1ccc(Nc2c(NCC(O)CCl)cccc2C(=O)O)cc1. The minimum absolute atomic E-state index is 0.104. The first-order valence-corrected chi connectivity index (χ1v) is 7.72. The summed E-state index contributed by atoms with van der Waals surface area (Å²) in [7, 11) is 0. The van der Waals surface area contributed by atoms with Gasteiger partial charge in [-0.2, -0.15) is 0 Å². The van der Waals surface area contributed by atoms with Crippen LogP contribution in [-0.4, -0.2) is 34.7 Å². The Labute approximate surface area is 139 Å². The summed E-state index contributed by atoms with van der Waals surface area (Å²) in [6.07, 6.45) is -0.711. The number of anilines is 3. The van der Waals surface area contributed by atoms with Crippen LogP contribution < -0.4 is 10.6 Å². The maximum absolute atomic E-state index is 11.5. The fraction of sp³-hybridized carbons (Fsp3) is 0.235. The summed E-state index contributed by atoms with van der Waals surface area (Å²) >= 11 is 5.58. The van der Waals surface area contributed by atoms with Crippen molar-refractivity contribution >= 4 is 34.6 Å². The highest BCUT2D eigenvalue weighted by Gasteiger charge is 2.15. The molecule has 0 fully saturated rings. The zero-order chi connectivity index (χ0) is 16.8. The summed E-state index contributed by atoms with van der Waals surface area (Å²) in [5.41, 5.74) is 3.09. The third-order valence-electron chi connectivity index (χ3n) is 3.32. The second kappa shape index (κ2) is 7.85. The molecule has 5 nitrogen and oxygen atoms in total. The lowest BCUT2D eigenvalue weighted by molar-refractivity contribution is 0.0698. The molecular weight excluding hydrogens is 316 g/mol. The van der Waals surface area contributed by atoms with E-state index in [0.717, 1.165) is 11.3 Å². The summed E-state index contributed by atoms with van der Waals surface area (Å²) in [5.74, 6) is -0.923. The van der Waals surface area contributed by atoms with Crippen LogP contribution in [0.5, 0.6) is 0 Å². The summed E-state index contributed by atoms with van der Waals surface area (Å²) in [6.45, 7) is 2.21. The van der Waals surface area contributed by atoms with Gasteiger partial charge in [-0.3, -0.25) is 0 Å². The van der Waals surface area contributed by atoms with Crippen molar-refractivity contribution in [1.29, 1.82) is 0 Å². The lowest BCUT2D eigenvalue weighted by Crippen LogP contribution is -2.21. The molecule has 0 amide bonds. The molecule has 2 aromatic carbocycles. The number of benzene rings is 2. The number of aromatic carboxylic acids is 1. The number of carboxylic acids is 1. The van der Waals surface area contributed by atoms with E-state index < -0.39 is 12.1 Å². The molecule has 4 N–H and O–H groups in total. The lowest BCUT2D eigenvalue weighted by Gasteiger charge is -2.17. The number of aryl methyl sites for hydroxylation is 1. The molecule has 2 rings (SSSR count). The van der Waals surface area contributed by atoms with E-state index in [9.17, 15) is 15.0 Å². The predicted molar refractivity (Wildman–Crippen MR) is 93.1 cm³/mol. The summed E-state index contributed by atoms with van der Waals surface area (Å²) in [6, 6.07) is 12.6. The van der Waals surface area contributed by atoms with Crippen molar-refractivity contribution in [3.8, 4) is 0 Å². The van der Waals surface area contributed by atoms with E-state index in [1.807, 2.05) is 31.2 Å². The molecule has 0 heterocycles. The van der Waals surface area contributed by atoms with Crippen LogP contribution in [0.1, 0.15) is 15.9 Å². The Morgan fingerprint density at radius 2 is 1.91 bits per heavy atom. The first-order chi connectivity index (χ1) is 11.0. The zero-order valence-corrected chi connectivity index (χ0v) is 13.5. The largest absolute Gasteiger partial charge is 0.478 e. The van der Waals surface area contributed by atoms with Crippen molar-refractivity contribution in [2.45, 2.75) is 13.0 Å². The number of alkyl halides is 1. The van der Waals surface area contributed by atoms with Crippen LogP contribution in [0.4, 0.5) is 17.1 Å². The van der Waals surface area contributed by atoms with Gasteiger partial charge in [-0.1, -0.05) is 23.8 Å². The Bertz CT molecular complexity index is 674. The van der Waals surface area contributed by atoms with Crippen molar-refractivity contribution in [3.05, 3.63) is 53.6 Å². The first kappa shape index (κ1) is 17.1. The number of carboxylic acid groups (broad SMARTS) is 1. The number of hydrogen-bond donors (Lipinski definition) is 4. The van der Waals surface area contributed by atoms with Crippen LogP contribution in [0.25, 0.3) is 0 Å². The molecule has 0 radical (unpaired) electrons. The van der Waals surface area contributed by atoms with E-state index in [1.54, 1.807) is 12.1 Å². The van der Waals surface area contributed by atoms with Crippen molar-refractivity contribution < 1.29 is 15.0 Å². The third kappa shape index (κ3) is 4.61. The van der Waals surface area contributed by atoms with Gasteiger partial charge < -0.3 is 20.8 Å². The number of hydrogen-bond acceptors (Lipinski definition) is 4. The van der Waals surface area contributed by atoms with E-state index >= 15 is 0 Å². The highest BCUT2D eigenvalue weighted by atomic mass is 35.5. The minimum Gasteiger partial charge on any atom is -0.478 e. The number of aliphatic hydroxyl groups is 1. The zero-order valence-electron chi connectivity index (χ0n) is 12.7. The molecular formula is C17H19ClN2O3. The van der Waals surface area contributed by atoms with Crippen molar-refractivity contribution in [2.24, 2.45) is 0 Å². The van der Waals surface area contributed by atoms with Crippen molar-refractivity contribution in [1.82, 2.24) is 0 Å². The molecule has 6 heteroatoms. The Kier molecular flexibility index (Phi) is 5.84. The molecule has 0 spiro atoms. The summed E-state index contributed by atoms with van der Waals surface area (Å²) in [4.78, 5) is 11.5. The molecule has 0 aromatic heterocycles. The van der Waals surface area contributed by atoms with Crippen LogP contribution >= 0.6 is 11.6 Å². The van der Waals surface area contributed by atoms with Crippen LogP contribution in [-0.2, 0) is 0 Å². The molecule has 0 saturated carbocycles. The smallest absolute Gasteiger partial charge is 0.337 e. The molecule has 23 heavy (non-hydrogen) atoms. The molecule has 0 saturated heterocycles. The summed E-state index contributed by atoms with van der Waals surface area (Å²) in [5, 5.41) is 25.1. The Morgan fingerprint density at radius 1 is 1.22 bits per heavy atom. The Balaban J connectivity index is 2.32. The van der Waals surface area contributed by atoms with Crippen molar-refractivity contribution in [2.75, 3.05) is 23.1 Å². The fourth-order valence-corrected chi connectivity index (χ4v) is 2.19. The van der Waals surface area contributed by atoms with Crippen LogP contribution in [0.15, 0.2) is 42.5 Å². The van der Waals surface area contributed by atoms with E-state index in [1.165, 1.54) is 6.07 Å².